The maximum Gasteiger partial charge on any atom is 0.257 e. The first-order valence-electron chi connectivity index (χ1n) is 7.92. The van der Waals surface area contributed by atoms with E-state index in [-0.39, 0.29) is 5.56 Å². The molecule has 0 heterocycles. The third-order valence-corrected chi connectivity index (χ3v) is 4.39. The van der Waals surface area contributed by atoms with Crippen LogP contribution in [0.2, 0.25) is 0 Å². The van der Waals surface area contributed by atoms with E-state index < -0.39 is 17.5 Å². The molecule has 0 aromatic heterocycles. The first-order valence-corrected chi connectivity index (χ1v) is 7.92. The highest BCUT2D eigenvalue weighted by Gasteiger charge is 2.26. The number of benzene rings is 2. The van der Waals surface area contributed by atoms with Crippen molar-refractivity contribution in [2.24, 2.45) is 5.92 Å². The molecule has 0 unspecified atom stereocenters. The van der Waals surface area contributed by atoms with Crippen LogP contribution in [-0.2, 0) is 6.54 Å². The second kappa shape index (κ2) is 6.90. The molecule has 0 radical (unpaired) electrons. The fourth-order valence-corrected chi connectivity index (χ4v) is 2.85. The van der Waals surface area contributed by atoms with Crippen molar-refractivity contribution in [1.29, 1.82) is 0 Å². The lowest BCUT2D eigenvalue weighted by Gasteiger charge is -2.32. The molecule has 2 nitrogen and oxygen atoms in total. The van der Waals surface area contributed by atoms with Crippen molar-refractivity contribution in [2.45, 2.75) is 25.8 Å². The van der Waals surface area contributed by atoms with Gasteiger partial charge in [0.25, 0.3) is 5.91 Å². The van der Waals surface area contributed by atoms with E-state index in [1.807, 2.05) is 30.3 Å². The first kappa shape index (κ1) is 15.7. The molecule has 0 N–H and O–H groups in total. The molecule has 0 saturated heterocycles. The molecule has 4 heteroatoms. The van der Waals surface area contributed by atoms with Gasteiger partial charge in [-0.3, -0.25) is 4.79 Å². The zero-order chi connectivity index (χ0) is 16.2. The van der Waals surface area contributed by atoms with Crippen LogP contribution in [0.4, 0.5) is 8.78 Å². The molecule has 2 aromatic rings. The van der Waals surface area contributed by atoms with Crippen LogP contribution in [0.5, 0.6) is 0 Å². The monoisotopic (exact) mass is 315 g/mol. The van der Waals surface area contributed by atoms with Gasteiger partial charge in [-0.1, -0.05) is 42.8 Å². The summed E-state index contributed by atoms with van der Waals surface area (Å²) in [5.41, 5.74) is 0.789. The lowest BCUT2D eigenvalue weighted by Crippen LogP contribution is -2.37. The number of hydrogen-bond donors (Lipinski definition) is 0. The minimum atomic E-state index is -1.07. The molecule has 0 aliphatic heterocycles. The van der Waals surface area contributed by atoms with Gasteiger partial charge in [-0.2, -0.15) is 0 Å². The van der Waals surface area contributed by atoms with E-state index in [1.165, 1.54) is 18.6 Å². The normalized spacial score (nSPS) is 14.3. The van der Waals surface area contributed by atoms with Gasteiger partial charge in [0.15, 0.2) is 11.6 Å². The van der Waals surface area contributed by atoms with Gasteiger partial charge in [0.05, 0.1) is 5.56 Å². The van der Waals surface area contributed by atoms with E-state index in [0.717, 1.165) is 24.5 Å². The summed E-state index contributed by atoms with van der Waals surface area (Å²) in [7, 11) is 0. The first-order chi connectivity index (χ1) is 11.1. The van der Waals surface area contributed by atoms with Crippen molar-refractivity contribution in [3.63, 3.8) is 0 Å². The van der Waals surface area contributed by atoms with Crippen molar-refractivity contribution in [2.75, 3.05) is 6.54 Å². The Morgan fingerprint density at radius 1 is 1.04 bits per heavy atom. The third kappa shape index (κ3) is 3.58. The number of carbonyl (C=O) groups is 1. The van der Waals surface area contributed by atoms with Crippen molar-refractivity contribution in [3.8, 4) is 0 Å². The minimum Gasteiger partial charge on any atom is -0.334 e. The zero-order valence-electron chi connectivity index (χ0n) is 12.8. The van der Waals surface area contributed by atoms with Crippen molar-refractivity contribution in [1.82, 2.24) is 4.90 Å². The van der Waals surface area contributed by atoms with Crippen LogP contribution in [0.15, 0.2) is 48.5 Å². The van der Waals surface area contributed by atoms with E-state index in [1.54, 1.807) is 4.90 Å². The van der Waals surface area contributed by atoms with E-state index in [0.29, 0.717) is 19.0 Å². The fourth-order valence-electron chi connectivity index (χ4n) is 2.85. The number of halogens is 2. The second-order valence-corrected chi connectivity index (χ2v) is 6.07. The summed E-state index contributed by atoms with van der Waals surface area (Å²) in [6, 6.07) is 13.3. The summed E-state index contributed by atoms with van der Waals surface area (Å²) in [5.74, 6) is -2.04. The Morgan fingerprint density at radius 2 is 1.78 bits per heavy atom. The molecule has 120 valence electrons. The Balaban J connectivity index is 1.84. The van der Waals surface area contributed by atoms with E-state index >= 15 is 0 Å². The molecule has 1 aliphatic carbocycles. The topological polar surface area (TPSA) is 20.3 Å². The number of amides is 1. The highest BCUT2D eigenvalue weighted by atomic mass is 19.2. The minimum absolute atomic E-state index is 0.194. The van der Waals surface area contributed by atoms with Crippen LogP contribution in [0.25, 0.3) is 0 Å². The van der Waals surface area contributed by atoms with E-state index in [9.17, 15) is 13.6 Å². The van der Waals surface area contributed by atoms with Gasteiger partial charge in [-0.15, -0.1) is 0 Å². The van der Waals surface area contributed by atoms with Crippen molar-refractivity contribution >= 4 is 5.91 Å². The van der Waals surface area contributed by atoms with Crippen LogP contribution < -0.4 is 0 Å². The van der Waals surface area contributed by atoms with Gasteiger partial charge < -0.3 is 4.90 Å². The molecule has 23 heavy (non-hydrogen) atoms. The zero-order valence-corrected chi connectivity index (χ0v) is 12.8. The van der Waals surface area contributed by atoms with Crippen LogP contribution in [-0.4, -0.2) is 17.4 Å². The largest absolute Gasteiger partial charge is 0.334 e. The molecule has 0 spiro atoms. The predicted octanol–water partition coefficient (Wildman–Crippen LogP) is 4.41. The molecule has 1 fully saturated rings. The Labute approximate surface area is 134 Å². The van der Waals surface area contributed by atoms with Gasteiger partial charge in [0.1, 0.15) is 0 Å². The summed E-state index contributed by atoms with van der Waals surface area (Å²) < 4.78 is 27.4. The summed E-state index contributed by atoms with van der Waals surface area (Å²) in [5, 5.41) is 0. The van der Waals surface area contributed by atoms with Gasteiger partial charge in [0, 0.05) is 13.1 Å². The Kier molecular flexibility index (Phi) is 4.70. The van der Waals surface area contributed by atoms with Gasteiger partial charge in [-0.05, 0) is 36.5 Å². The fraction of sp³-hybridized carbons (Fsp3) is 0.316. The maximum absolute atomic E-state index is 14.0. The second-order valence-electron chi connectivity index (χ2n) is 6.07. The van der Waals surface area contributed by atoms with Gasteiger partial charge >= 0.3 is 0 Å². The highest BCUT2D eigenvalue weighted by molar-refractivity contribution is 5.94. The average Bonchev–Trinajstić information content (AvgIpc) is 2.52. The number of hydrogen-bond acceptors (Lipinski definition) is 1. The van der Waals surface area contributed by atoms with Gasteiger partial charge in [-0.25, -0.2) is 8.78 Å². The molecular formula is C19H19F2NO. The quantitative estimate of drug-likeness (QED) is 0.800. The SMILES string of the molecule is O=C(c1cccc(F)c1F)N(Cc1ccccc1)CC1CCC1. The molecule has 3 rings (SSSR count). The predicted molar refractivity (Wildman–Crippen MR) is 84.9 cm³/mol. The summed E-state index contributed by atoms with van der Waals surface area (Å²) in [4.78, 5) is 14.4. The molecule has 0 atom stereocenters. The summed E-state index contributed by atoms with van der Waals surface area (Å²) >= 11 is 0. The van der Waals surface area contributed by atoms with E-state index in [4.69, 9.17) is 0 Å². The number of nitrogens with zero attached hydrogens (tertiary/aromatic N) is 1. The van der Waals surface area contributed by atoms with Crippen LogP contribution in [0, 0.1) is 17.6 Å². The Hall–Kier alpha value is -2.23. The van der Waals surface area contributed by atoms with Crippen molar-refractivity contribution < 1.29 is 13.6 Å². The molecule has 2 aromatic carbocycles. The Morgan fingerprint density at radius 3 is 2.43 bits per heavy atom. The highest BCUT2D eigenvalue weighted by Crippen LogP contribution is 2.28. The molecule has 1 amide bonds. The number of rotatable bonds is 5. The van der Waals surface area contributed by atoms with Crippen LogP contribution in [0.1, 0.15) is 35.2 Å². The van der Waals surface area contributed by atoms with Crippen LogP contribution in [0.3, 0.4) is 0 Å². The molecule has 0 bridgehead atoms. The maximum atomic E-state index is 14.0. The van der Waals surface area contributed by atoms with E-state index in [2.05, 4.69) is 0 Å². The molecule has 1 saturated carbocycles. The molecular weight excluding hydrogens is 296 g/mol. The molecule has 1 aliphatic rings. The number of carbonyl (C=O) groups excluding carboxylic acids is 1. The summed E-state index contributed by atoms with van der Waals surface area (Å²) in [6.07, 6.45) is 3.35. The lowest BCUT2D eigenvalue weighted by molar-refractivity contribution is 0.0674. The van der Waals surface area contributed by atoms with Crippen molar-refractivity contribution in [3.05, 3.63) is 71.3 Å². The lowest BCUT2D eigenvalue weighted by atomic mass is 9.85. The smallest absolute Gasteiger partial charge is 0.257 e. The van der Waals surface area contributed by atoms with Gasteiger partial charge in [0.2, 0.25) is 0 Å². The third-order valence-electron chi connectivity index (χ3n) is 4.39. The average molecular weight is 315 g/mol. The Bertz CT molecular complexity index is 683. The summed E-state index contributed by atoms with van der Waals surface area (Å²) in [6.45, 7) is 0.996. The standard InChI is InChI=1S/C19H19F2NO/c20-17-11-5-10-16(18(17)21)19(23)22(13-15-8-4-9-15)12-14-6-2-1-3-7-14/h1-3,5-7,10-11,15H,4,8-9,12-13H2. The van der Waals surface area contributed by atoms with Crippen LogP contribution >= 0.6 is 0 Å².